The van der Waals surface area contributed by atoms with E-state index in [0.717, 1.165) is 0 Å². The molecule has 2 N–H and O–H groups in total. The molecule has 0 aliphatic heterocycles. The molecule has 0 unspecified atom stereocenters. The lowest BCUT2D eigenvalue weighted by Gasteiger charge is -2.09. The number of halogens is 1. The van der Waals surface area contributed by atoms with Gasteiger partial charge >= 0.3 is 11.1 Å². The lowest BCUT2D eigenvalue weighted by Crippen LogP contribution is -2.39. The third-order valence-corrected chi connectivity index (χ3v) is 2.95. The predicted molar refractivity (Wildman–Crippen MR) is 69.3 cm³/mol. The van der Waals surface area contributed by atoms with Crippen molar-refractivity contribution in [3.05, 3.63) is 68.2 Å². The van der Waals surface area contributed by atoms with Gasteiger partial charge in [-0.3, -0.25) is 9.59 Å². The molecule has 0 aliphatic carbocycles. The fourth-order valence-corrected chi connectivity index (χ4v) is 1.81. The van der Waals surface area contributed by atoms with E-state index in [9.17, 15) is 14.0 Å². The molecular formula is C13H14FN3O2. The van der Waals surface area contributed by atoms with Crippen molar-refractivity contribution in [3.63, 3.8) is 0 Å². The van der Waals surface area contributed by atoms with E-state index in [2.05, 4.69) is 0 Å². The summed E-state index contributed by atoms with van der Waals surface area (Å²) in [4.78, 5) is 23.2. The Morgan fingerprint density at radius 2 is 1.84 bits per heavy atom. The summed E-state index contributed by atoms with van der Waals surface area (Å²) in [6.07, 6.45) is 2.92. The van der Waals surface area contributed by atoms with Crippen molar-refractivity contribution in [2.45, 2.75) is 13.1 Å². The Bertz CT molecular complexity index is 719. The summed E-state index contributed by atoms with van der Waals surface area (Å²) >= 11 is 0. The van der Waals surface area contributed by atoms with Gasteiger partial charge in [0.15, 0.2) is 0 Å². The molecule has 6 heteroatoms. The fourth-order valence-electron chi connectivity index (χ4n) is 1.81. The zero-order valence-electron chi connectivity index (χ0n) is 10.5. The molecule has 100 valence electrons. The molecule has 0 aliphatic rings. The van der Waals surface area contributed by atoms with Crippen LogP contribution in [0.4, 0.5) is 4.39 Å². The molecule has 0 saturated heterocycles. The topological polar surface area (TPSA) is 70.0 Å². The standard InChI is InChI=1S/C13H14FN3O2/c1-16-5-6-17(13(19)12(16)18)8-10-4-2-3-9(7-15)11(10)14/h2-6H,7-8,15H2,1H3. The van der Waals surface area contributed by atoms with Gasteiger partial charge in [-0.05, 0) is 0 Å². The monoisotopic (exact) mass is 263 g/mol. The summed E-state index contributed by atoms with van der Waals surface area (Å²) in [6.45, 7) is 0.0969. The average Bonchev–Trinajstić information content (AvgIpc) is 2.41. The fraction of sp³-hybridized carbons (Fsp3) is 0.231. The number of hydrogen-bond donors (Lipinski definition) is 1. The first-order valence-electron chi connectivity index (χ1n) is 5.77. The zero-order valence-corrected chi connectivity index (χ0v) is 10.5. The molecule has 0 saturated carbocycles. The smallest absolute Gasteiger partial charge is 0.316 e. The lowest BCUT2D eigenvalue weighted by atomic mass is 10.1. The number of hydrogen-bond acceptors (Lipinski definition) is 3. The van der Waals surface area contributed by atoms with Gasteiger partial charge in [-0.1, -0.05) is 18.2 Å². The predicted octanol–water partition coefficient (Wildman–Crippen LogP) is 0.193. The highest BCUT2D eigenvalue weighted by atomic mass is 19.1. The van der Waals surface area contributed by atoms with E-state index in [4.69, 9.17) is 5.73 Å². The third kappa shape index (κ3) is 2.48. The van der Waals surface area contributed by atoms with E-state index < -0.39 is 16.9 Å². The van der Waals surface area contributed by atoms with Crippen LogP contribution in [-0.4, -0.2) is 9.13 Å². The molecular weight excluding hydrogens is 249 g/mol. The Balaban J connectivity index is 2.46. The highest BCUT2D eigenvalue weighted by molar-refractivity contribution is 5.26. The van der Waals surface area contributed by atoms with E-state index >= 15 is 0 Å². The molecule has 0 bridgehead atoms. The van der Waals surface area contributed by atoms with Crippen LogP contribution in [0.15, 0.2) is 40.2 Å². The maximum atomic E-state index is 14.0. The van der Waals surface area contributed by atoms with Crippen LogP contribution in [0.5, 0.6) is 0 Å². The van der Waals surface area contributed by atoms with Crippen LogP contribution in [0.1, 0.15) is 11.1 Å². The van der Waals surface area contributed by atoms with Gasteiger partial charge in [0, 0.05) is 37.1 Å². The molecule has 0 radical (unpaired) electrons. The highest BCUT2D eigenvalue weighted by Gasteiger charge is 2.09. The Morgan fingerprint density at radius 1 is 1.16 bits per heavy atom. The molecule has 1 aromatic carbocycles. The van der Waals surface area contributed by atoms with E-state index in [-0.39, 0.29) is 13.1 Å². The first kappa shape index (κ1) is 13.2. The van der Waals surface area contributed by atoms with Crippen molar-refractivity contribution in [3.8, 4) is 0 Å². The van der Waals surface area contributed by atoms with Gasteiger partial charge < -0.3 is 14.9 Å². The summed E-state index contributed by atoms with van der Waals surface area (Å²) in [5, 5.41) is 0. The van der Waals surface area contributed by atoms with Crippen LogP contribution >= 0.6 is 0 Å². The first-order chi connectivity index (χ1) is 9.04. The summed E-state index contributed by atoms with van der Waals surface area (Å²) in [6, 6.07) is 4.83. The minimum absolute atomic E-state index is 0.00852. The van der Waals surface area contributed by atoms with Crippen molar-refractivity contribution >= 4 is 0 Å². The van der Waals surface area contributed by atoms with Gasteiger partial charge in [0.2, 0.25) is 0 Å². The maximum Gasteiger partial charge on any atom is 0.316 e. The van der Waals surface area contributed by atoms with Crippen LogP contribution in [-0.2, 0) is 20.1 Å². The van der Waals surface area contributed by atoms with Crippen molar-refractivity contribution < 1.29 is 4.39 Å². The lowest BCUT2D eigenvalue weighted by molar-refractivity contribution is 0.578. The second-order valence-electron chi connectivity index (χ2n) is 4.24. The van der Waals surface area contributed by atoms with Crippen LogP contribution in [0.3, 0.4) is 0 Å². The molecule has 0 fully saturated rings. The maximum absolute atomic E-state index is 14.0. The Hall–Kier alpha value is -2.21. The Labute approximate surface area is 108 Å². The molecule has 2 rings (SSSR count). The Kier molecular flexibility index (Phi) is 3.62. The van der Waals surface area contributed by atoms with Crippen molar-refractivity contribution in [2.24, 2.45) is 12.8 Å². The van der Waals surface area contributed by atoms with Gasteiger partial charge in [0.25, 0.3) is 0 Å². The second-order valence-corrected chi connectivity index (χ2v) is 4.24. The minimum atomic E-state index is -0.678. The minimum Gasteiger partial charge on any atom is -0.326 e. The zero-order chi connectivity index (χ0) is 14.0. The van der Waals surface area contributed by atoms with E-state index in [1.54, 1.807) is 18.2 Å². The third-order valence-electron chi connectivity index (χ3n) is 2.95. The van der Waals surface area contributed by atoms with Crippen LogP contribution in [0, 0.1) is 5.82 Å². The molecule has 5 nitrogen and oxygen atoms in total. The average molecular weight is 263 g/mol. The van der Waals surface area contributed by atoms with E-state index in [1.807, 2.05) is 0 Å². The van der Waals surface area contributed by atoms with E-state index in [0.29, 0.717) is 11.1 Å². The number of nitrogens with two attached hydrogens (primary N) is 1. The largest absolute Gasteiger partial charge is 0.326 e. The SMILES string of the molecule is Cn1ccn(Cc2cccc(CN)c2F)c(=O)c1=O. The Morgan fingerprint density at radius 3 is 2.53 bits per heavy atom. The second kappa shape index (κ2) is 5.19. The molecule has 19 heavy (non-hydrogen) atoms. The van der Waals surface area contributed by atoms with Crippen LogP contribution < -0.4 is 16.9 Å². The molecule has 0 amide bonds. The molecule has 1 heterocycles. The van der Waals surface area contributed by atoms with Crippen molar-refractivity contribution in [2.75, 3.05) is 0 Å². The molecule has 2 aromatic rings. The molecule has 0 atom stereocenters. The van der Waals surface area contributed by atoms with Crippen LogP contribution in [0.25, 0.3) is 0 Å². The van der Waals surface area contributed by atoms with E-state index in [1.165, 1.54) is 28.6 Å². The van der Waals surface area contributed by atoms with Crippen LogP contribution in [0.2, 0.25) is 0 Å². The van der Waals surface area contributed by atoms with Crippen molar-refractivity contribution in [1.82, 2.24) is 9.13 Å². The number of rotatable bonds is 3. The van der Waals surface area contributed by atoms with Crippen molar-refractivity contribution in [1.29, 1.82) is 0 Å². The van der Waals surface area contributed by atoms with Gasteiger partial charge in [-0.2, -0.15) is 0 Å². The summed E-state index contributed by atoms with van der Waals surface area (Å²) in [5.74, 6) is -0.433. The quantitative estimate of drug-likeness (QED) is 0.804. The summed E-state index contributed by atoms with van der Waals surface area (Å²) < 4.78 is 16.4. The number of aromatic nitrogens is 2. The highest BCUT2D eigenvalue weighted by Crippen LogP contribution is 2.13. The number of aryl methyl sites for hydroxylation is 1. The number of nitrogens with zero attached hydrogens (tertiary/aromatic N) is 2. The van der Waals surface area contributed by atoms with Gasteiger partial charge in [0.05, 0.1) is 6.54 Å². The molecule has 0 spiro atoms. The number of benzene rings is 1. The van der Waals surface area contributed by atoms with Gasteiger partial charge in [-0.25, -0.2) is 4.39 Å². The first-order valence-corrected chi connectivity index (χ1v) is 5.77. The normalized spacial score (nSPS) is 10.7. The summed E-state index contributed by atoms with van der Waals surface area (Å²) in [7, 11) is 1.49. The summed E-state index contributed by atoms with van der Waals surface area (Å²) in [5.41, 5.74) is 4.82. The molecule has 1 aromatic heterocycles. The van der Waals surface area contributed by atoms with Gasteiger partial charge in [0.1, 0.15) is 5.82 Å². The van der Waals surface area contributed by atoms with Gasteiger partial charge in [-0.15, -0.1) is 0 Å².